The third kappa shape index (κ3) is 2.94. The van der Waals surface area contributed by atoms with Crippen LogP contribution < -0.4 is 10.6 Å². The molecule has 0 amide bonds. The minimum absolute atomic E-state index is 0.539. The van der Waals surface area contributed by atoms with E-state index in [0.717, 1.165) is 30.5 Å². The maximum Gasteiger partial charge on any atom is 0.155 e. The lowest BCUT2D eigenvalue weighted by atomic mass is 9.99. The summed E-state index contributed by atoms with van der Waals surface area (Å²) in [5.74, 6) is 0.993. The van der Waals surface area contributed by atoms with Gasteiger partial charge in [-0.2, -0.15) is 5.10 Å². The highest BCUT2D eigenvalue weighted by Gasteiger charge is 2.26. The van der Waals surface area contributed by atoms with Gasteiger partial charge in [0.15, 0.2) is 5.82 Å². The molecule has 2 fully saturated rings. The van der Waals surface area contributed by atoms with Crippen LogP contribution in [0.25, 0.3) is 0 Å². The van der Waals surface area contributed by atoms with Crippen LogP contribution in [0, 0.1) is 0 Å². The second kappa shape index (κ2) is 6.50. The second-order valence-corrected chi connectivity index (χ2v) is 5.90. The Morgan fingerprint density at radius 2 is 1.85 bits per heavy atom. The van der Waals surface area contributed by atoms with Gasteiger partial charge in [-0.15, -0.1) is 5.10 Å². The maximum absolute atomic E-state index is 5.80. The Hall–Kier alpha value is -1.20. The highest BCUT2D eigenvalue weighted by molar-refractivity contribution is 5.45. The molecule has 0 saturated carbocycles. The van der Waals surface area contributed by atoms with E-state index in [4.69, 9.17) is 5.73 Å². The van der Waals surface area contributed by atoms with Crippen molar-refractivity contribution in [3.63, 3.8) is 0 Å². The lowest BCUT2D eigenvalue weighted by Gasteiger charge is -2.40. The van der Waals surface area contributed by atoms with Crippen molar-refractivity contribution in [2.24, 2.45) is 5.73 Å². The van der Waals surface area contributed by atoms with Crippen molar-refractivity contribution in [3.05, 3.63) is 17.8 Å². The van der Waals surface area contributed by atoms with Gasteiger partial charge >= 0.3 is 0 Å². The summed E-state index contributed by atoms with van der Waals surface area (Å²) in [6.45, 7) is 5.28. The number of hydrogen-bond donors (Lipinski definition) is 1. The SMILES string of the molecule is NCc1ccnnc1N1CCC(N2CCCCC2)CC1. The quantitative estimate of drug-likeness (QED) is 0.903. The molecule has 3 heterocycles. The van der Waals surface area contributed by atoms with Crippen LogP contribution in [0.5, 0.6) is 0 Å². The summed E-state index contributed by atoms with van der Waals surface area (Å²) >= 11 is 0. The zero-order valence-corrected chi connectivity index (χ0v) is 12.2. The third-order valence-corrected chi connectivity index (χ3v) is 4.67. The summed E-state index contributed by atoms with van der Waals surface area (Å²) in [6.07, 6.45) is 8.37. The van der Waals surface area contributed by atoms with E-state index < -0.39 is 0 Å². The standard InChI is InChI=1S/C15H25N5/c16-12-13-4-7-17-18-15(13)20-10-5-14(6-11-20)19-8-2-1-3-9-19/h4,7,14H,1-3,5-6,8-12,16H2. The molecule has 2 aliphatic rings. The smallest absolute Gasteiger partial charge is 0.155 e. The molecule has 0 atom stereocenters. The van der Waals surface area contributed by atoms with Crippen molar-refractivity contribution in [2.75, 3.05) is 31.1 Å². The van der Waals surface area contributed by atoms with Crippen LogP contribution in [-0.2, 0) is 6.54 Å². The average Bonchev–Trinajstić information content (AvgIpc) is 2.56. The maximum atomic E-state index is 5.80. The Kier molecular flexibility index (Phi) is 4.47. The van der Waals surface area contributed by atoms with Gasteiger partial charge in [0, 0.05) is 31.2 Å². The molecule has 5 heteroatoms. The molecule has 2 N–H and O–H groups in total. The van der Waals surface area contributed by atoms with Gasteiger partial charge in [-0.25, -0.2) is 0 Å². The predicted molar refractivity (Wildman–Crippen MR) is 80.6 cm³/mol. The van der Waals surface area contributed by atoms with E-state index in [1.54, 1.807) is 6.20 Å². The Morgan fingerprint density at radius 3 is 2.55 bits per heavy atom. The third-order valence-electron chi connectivity index (χ3n) is 4.67. The lowest BCUT2D eigenvalue weighted by Crippen LogP contribution is -2.47. The van der Waals surface area contributed by atoms with Crippen molar-refractivity contribution in [2.45, 2.75) is 44.7 Å². The molecule has 110 valence electrons. The predicted octanol–water partition coefficient (Wildman–Crippen LogP) is 1.39. The molecule has 2 aliphatic heterocycles. The van der Waals surface area contributed by atoms with Gasteiger partial charge in [-0.1, -0.05) is 6.42 Å². The topological polar surface area (TPSA) is 58.3 Å². The molecule has 20 heavy (non-hydrogen) atoms. The first kappa shape index (κ1) is 13.8. The molecule has 2 saturated heterocycles. The van der Waals surface area contributed by atoms with Crippen LogP contribution >= 0.6 is 0 Å². The van der Waals surface area contributed by atoms with Gasteiger partial charge in [0.2, 0.25) is 0 Å². The van der Waals surface area contributed by atoms with Crippen molar-refractivity contribution in [1.82, 2.24) is 15.1 Å². The van der Waals surface area contributed by atoms with Crippen molar-refractivity contribution in [3.8, 4) is 0 Å². The molecule has 0 aromatic carbocycles. The molecule has 1 aromatic rings. The fraction of sp³-hybridized carbons (Fsp3) is 0.733. The first-order valence-electron chi connectivity index (χ1n) is 7.88. The Morgan fingerprint density at radius 1 is 1.10 bits per heavy atom. The van der Waals surface area contributed by atoms with Crippen molar-refractivity contribution in [1.29, 1.82) is 0 Å². The number of anilines is 1. The molecule has 1 aromatic heterocycles. The van der Waals surface area contributed by atoms with E-state index in [9.17, 15) is 0 Å². The van der Waals surface area contributed by atoms with Gasteiger partial charge in [0.25, 0.3) is 0 Å². The summed E-state index contributed by atoms with van der Waals surface area (Å²) in [7, 11) is 0. The van der Waals surface area contributed by atoms with E-state index in [1.165, 1.54) is 45.2 Å². The molecule has 0 radical (unpaired) electrons. The summed E-state index contributed by atoms with van der Waals surface area (Å²) in [6, 6.07) is 2.75. The molecule has 5 nitrogen and oxygen atoms in total. The number of likely N-dealkylation sites (tertiary alicyclic amines) is 1. The van der Waals surface area contributed by atoms with Crippen LogP contribution in [0.4, 0.5) is 5.82 Å². The van der Waals surface area contributed by atoms with E-state index in [-0.39, 0.29) is 0 Å². The van der Waals surface area contributed by atoms with Crippen molar-refractivity contribution >= 4 is 5.82 Å². The Labute approximate surface area is 121 Å². The van der Waals surface area contributed by atoms with E-state index in [0.29, 0.717) is 6.54 Å². The molecule has 0 aliphatic carbocycles. The van der Waals surface area contributed by atoms with Gasteiger partial charge in [0.05, 0.1) is 6.20 Å². The lowest BCUT2D eigenvalue weighted by molar-refractivity contribution is 0.141. The minimum atomic E-state index is 0.539. The van der Waals surface area contributed by atoms with Gasteiger partial charge in [0.1, 0.15) is 0 Å². The first-order valence-corrected chi connectivity index (χ1v) is 7.88. The Bertz CT molecular complexity index is 422. The van der Waals surface area contributed by atoms with Gasteiger partial charge < -0.3 is 15.5 Å². The zero-order chi connectivity index (χ0) is 13.8. The van der Waals surface area contributed by atoms with Gasteiger partial charge in [-0.05, 0) is 44.8 Å². The molecular weight excluding hydrogens is 250 g/mol. The van der Waals surface area contributed by atoms with Gasteiger partial charge in [-0.3, -0.25) is 0 Å². The van der Waals surface area contributed by atoms with E-state index in [2.05, 4.69) is 20.0 Å². The van der Waals surface area contributed by atoms with Crippen LogP contribution in [0.1, 0.15) is 37.7 Å². The highest BCUT2D eigenvalue weighted by Crippen LogP contribution is 2.25. The van der Waals surface area contributed by atoms with Crippen LogP contribution in [0.2, 0.25) is 0 Å². The summed E-state index contributed by atoms with van der Waals surface area (Å²) < 4.78 is 0. The van der Waals surface area contributed by atoms with E-state index in [1.807, 2.05) is 6.07 Å². The van der Waals surface area contributed by atoms with Crippen LogP contribution in [-0.4, -0.2) is 47.3 Å². The molecule has 0 unspecified atom stereocenters. The minimum Gasteiger partial charge on any atom is -0.355 e. The largest absolute Gasteiger partial charge is 0.355 e. The zero-order valence-electron chi connectivity index (χ0n) is 12.2. The molecule has 0 spiro atoms. The monoisotopic (exact) mass is 275 g/mol. The Balaban J connectivity index is 1.60. The highest BCUT2D eigenvalue weighted by atomic mass is 15.3. The normalized spacial score (nSPS) is 22.1. The van der Waals surface area contributed by atoms with Crippen LogP contribution in [0.3, 0.4) is 0 Å². The molecular formula is C15H25N5. The number of nitrogens with zero attached hydrogens (tertiary/aromatic N) is 4. The fourth-order valence-electron chi connectivity index (χ4n) is 3.50. The number of aromatic nitrogens is 2. The second-order valence-electron chi connectivity index (χ2n) is 5.90. The summed E-state index contributed by atoms with van der Waals surface area (Å²) in [5, 5.41) is 8.31. The van der Waals surface area contributed by atoms with E-state index >= 15 is 0 Å². The van der Waals surface area contributed by atoms with Crippen molar-refractivity contribution < 1.29 is 0 Å². The first-order chi connectivity index (χ1) is 9.88. The molecule has 3 rings (SSSR count). The number of hydrogen-bond acceptors (Lipinski definition) is 5. The molecule has 0 bridgehead atoms. The summed E-state index contributed by atoms with van der Waals surface area (Å²) in [4.78, 5) is 5.05. The fourth-order valence-corrected chi connectivity index (χ4v) is 3.50. The number of piperidine rings is 2. The summed E-state index contributed by atoms with van der Waals surface area (Å²) in [5.41, 5.74) is 6.91. The number of rotatable bonds is 3. The average molecular weight is 275 g/mol. The van der Waals surface area contributed by atoms with Crippen LogP contribution in [0.15, 0.2) is 12.3 Å². The number of nitrogens with two attached hydrogens (primary N) is 1.